The van der Waals surface area contributed by atoms with Crippen molar-refractivity contribution in [1.29, 1.82) is 0 Å². The average Bonchev–Trinajstić information content (AvgIpc) is 3.30. The van der Waals surface area contributed by atoms with Crippen molar-refractivity contribution in [2.45, 2.75) is 29.9 Å². The van der Waals surface area contributed by atoms with Crippen molar-refractivity contribution in [3.8, 4) is 0 Å². The predicted octanol–water partition coefficient (Wildman–Crippen LogP) is 4.69. The van der Waals surface area contributed by atoms with Gasteiger partial charge in [-0.2, -0.15) is 0 Å². The number of anilines is 2. The van der Waals surface area contributed by atoms with Crippen LogP contribution in [0.4, 0.5) is 20.0 Å². The molecule has 0 saturated heterocycles. The second-order valence-electron chi connectivity index (χ2n) is 6.31. The van der Waals surface area contributed by atoms with E-state index in [1.165, 1.54) is 28.5 Å². The fourth-order valence-electron chi connectivity index (χ4n) is 3.09. The molecule has 0 spiro atoms. The summed E-state index contributed by atoms with van der Waals surface area (Å²) in [7, 11) is 0. The molecule has 1 aromatic heterocycles. The minimum absolute atomic E-state index is 0.0708. The van der Waals surface area contributed by atoms with Crippen molar-refractivity contribution >= 4 is 45.9 Å². The topological polar surface area (TPSA) is 82.5 Å². The van der Waals surface area contributed by atoms with Gasteiger partial charge >= 0.3 is 12.0 Å². The van der Waals surface area contributed by atoms with Crippen LogP contribution >= 0.6 is 23.1 Å². The van der Waals surface area contributed by atoms with Crippen LogP contribution in [-0.2, 0) is 4.79 Å². The maximum absolute atomic E-state index is 14.3. The molecule has 1 aliphatic carbocycles. The van der Waals surface area contributed by atoms with E-state index < -0.39 is 17.8 Å². The smallest absolute Gasteiger partial charge is 0.328 e. The lowest BCUT2D eigenvalue weighted by Crippen LogP contribution is -2.38. The highest BCUT2D eigenvalue weighted by molar-refractivity contribution is 8.01. The molecule has 0 atom stereocenters. The number of amides is 2. The van der Waals surface area contributed by atoms with Gasteiger partial charge in [-0.15, -0.1) is 11.8 Å². The molecule has 2 aromatic rings. The molecule has 1 aromatic carbocycles. The van der Waals surface area contributed by atoms with Gasteiger partial charge < -0.3 is 5.11 Å². The molecule has 9 heteroatoms. The Kier molecular flexibility index (Phi) is 6.68. The summed E-state index contributed by atoms with van der Waals surface area (Å²) in [5.74, 6) is -1.07. The number of carboxylic acid groups (broad SMARTS) is 1. The highest BCUT2D eigenvalue weighted by Crippen LogP contribution is 2.31. The zero-order valence-corrected chi connectivity index (χ0v) is 16.2. The van der Waals surface area contributed by atoms with Gasteiger partial charge in [-0.25, -0.2) is 14.2 Å². The van der Waals surface area contributed by atoms with Gasteiger partial charge in [0, 0.05) is 6.54 Å². The Bertz CT molecular complexity index is 809. The first kappa shape index (κ1) is 19.6. The van der Waals surface area contributed by atoms with Gasteiger partial charge in [0.15, 0.2) is 5.13 Å². The lowest BCUT2D eigenvalue weighted by Gasteiger charge is -2.26. The molecule has 6 nitrogen and oxygen atoms in total. The molecule has 27 heavy (non-hydrogen) atoms. The minimum Gasteiger partial charge on any atom is -0.481 e. The summed E-state index contributed by atoms with van der Waals surface area (Å²) >= 11 is 2.34. The summed E-state index contributed by atoms with van der Waals surface area (Å²) in [5, 5.41) is 11.8. The number of halogens is 1. The number of para-hydroxylation sites is 1. The number of thiazole rings is 1. The van der Waals surface area contributed by atoms with E-state index in [9.17, 15) is 14.0 Å². The third kappa shape index (κ3) is 5.43. The minimum atomic E-state index is -0.915. The molecule has 0 bridgehead atoms. The van der Waals surface area contributed by atoms with Crippen molar-refractivity contribution in [2.75, 3.05) is 22.5 Å². The number of carbonyl (C=O) groups is 2. The Morgan fingerprint density at radius 3 is 2.78 bits per heavy atom. The Morgan fingerprint density at radius 2 is 2.07 bits per heavy atom. The highest BCUT2D eigenvalue weighted by atomic mass is 32.2. The molecule has 2 amide bonds. The maximum Gasteiger partial charge on any atom is 0.328 e. The number of benzene rings is 1. The van der Waals surface area contributed by atoms with Crippen LogP contribution < -0.4 is 10.2 Å². The number of aliphatic carboxylic acids is 1. The van der Waals surface area contributed by atoms with Gasteiger partial charge in [-0.3, -0.25) is 15.0 Å². The van der Waals surface area contributed by atoms with E-state index in [1.807, 2.05) is 0 Å². The number of carbonyl (C=O) groups excluding carboxylic acids is 1. The lowest BCUT2D eigenvalue weighted by molar-refractivity contribution is -0.133. The molecule has 0 radical (unpaired) electrons. The van der Waals surface area contributed by atoms with Crippen LogP contribution in [0.3, 0.4) is 0 Å². The second-order valence-corrected chi connectivity index (χ2v) is 8.62. The summed E-state index contributed by atoms with van der Waals surface area (Å²) in [4.78, 5) is 29.1. The molecule has 2 N–H and O–H groups in total. The van der Waals surface area contributed by atoms with Gasteiger partial charge in [0.1, 0.15) is 5.82 Å². The second kappa shape index (κ2) is 9.18. The van der Waals surface area contributed by atoms with Gasteiger partial charge in [-0.1, -0.05) is 36.3 Å². The Balaban J connectivity index is 1.72. The number of nitrogens with zero attached hydrogens (tertiary/aromatic N) is 2. The van der Waals surface area contributed by atoms with Crippen LogP contribution in [0.2, 0.25) is 0 Å². The van der Waals surface area contributed by atoms with E-state index in [0.29, 0.717) is 21.8 Å². The molecular formula is C18H20FN3O3S2. The number of rotatable bonds is 7. The molecule has 0 aliphatic heterocycles. The molecule has 1 saturated carbocycles. The van der Waals surface area contributed by atoms with E-state index in [2.05, 4.69) is 10.3 Å². The SMILES string of the molecule is O=C(O)CSc1cnc(NC(=O)N(CC2CCCC2)c2ccccc2F)s1. The lowest BCUT2D eigenvalue weighted by atomic mass is 10.1. The van der Waals surface area contributed by atoms with E-state index in [4.69, 9.17) is 5.11 Å². The molecule has 1 fully saturated rings. The summed E-state index contributed by atoms with van der Waals surface area (Å²) in [6.07, 6.45) is 5.86. The van der Waals surface area contributed by atoms with Crippen LogP contribution in [0.1, 0.15) is 25.7 Å². The monoisotopic (exact) mass is 409 g/mol. The van der Waals surface area contributed by atoms with E-state index >= 15 is 0 Å². The average molecular weight is 410 g/mol. The van der Waals surface area contributed by atoms with Crippen molar-refractivity contribution in [3.63, 3.8) is 0 Å². The zero-order valence-electron chi connectivity index (χ0n) is 14.6. The Hall–Kier alpha value is -2.13. The van der Waals surface area contributed by atoms with Crippen LogP contribution in [0.25, 0.3) is 0 Å². The molecule has 1 aliphatic rings. The summed E-state index contributed by atoms with van der Waals surface area (Å²) in [6, 6.07) is 5.80. The van der Waals surface area contributed by atoms with Crippen molar-refractivity contribution in [1.82, 2.24) is 4.98 Å². The van der Waals surface area contributed by atoms with Gasteiger partial charge in [-0.05, 0) is 30.9 Å². The van der Waals surface area contributed by atoms with E-state index in [1.54, 1.807) is 18.2 Å². The van der Waals surface area contributed by atoms with Crippen LogP contribution in [0.5, 0.6) is 0 Å². The fourth-order valence-corrected chi connectivity index (χ4v) is 4.67. The quantitative estimate of drug-likeness (QED) is 0.649. The molecule has 144 valence electrons. The fraction of sp³-hybridized carbons (Fsp3) is 0.389. The summed E-state index contributed by atoms with van der Waals surface area (Å²) < 4.78 is 15.0. The molecule has 0 unspecified atom stereocenters. The summed E-state index contributed by atoms with van der Waals surface area (Å²) in [5.41, 5.74) is 0.249. The first-order valence-electron chi connectivity index (χ1n) is 8.66. The molecule has 1 heterocycles. The van der Waals surface area contributed by atoms with Crippen molar-refractivity contribution < 1.29 is 19.1 Å². The first-order chi connectivity index (χ1) is 13.0. The zero-order chi connectivity index (χ0) is 19.2. The number of thioether (sulfide) groups is 1. The summed E-state index contributed by atoms with van der Waals surface area (Å²) in [6.45, 7) is 0.457. The number of urea groups is 1. The third-order valence-electron chi connectivity index (χ3n) is 4.34. The molecule has 3 rings (SSSR count). The number of carboxylic acids is 1. The highest BCUT2D eigenvalue weighted by Gasteiger charge is 2.25. The Morgan fingerprint density at radius 1 is 1.33 bits per heavy atom. The van der Waals surface area contributed by atoms with Crippen molar-refractivity contribution in [3.05, 3.63) is 36.3 Å². The van der Waals surface area contributed by atoms with E-state index in [-0.39, 0.29) is 11.4 Å². The van der Waals surface area contributed by atoms with Gasteiger partial charge in [0.25, 0.3) is 0 Å². The largest absolute Gasteiger partial charge is 0.481 e. The number of hydrogen-bond donors (Lipinski definition) is 2. The molecular weight excluding hydrogens is 389 g/mol. The van der Waals surface area contributed by atoms with Gasteiger partial charge in [0.2, 0.25) is 0 Å². The predicted molar refractivity (Wildman–Crippen MR) is 105 cm³/mol. The van der Waals surface area contributed by atoms with Gasteiger partial charge in [0.05, 0.1) is 21.8 Å². The Labute approximate surface area is 164 Å². The normalized spacial score (nSPS) is 14.3. The standard InChI is InChI=1S/C18H20FN3O3S2/c19-13-7-3-4-8-14(13)22(10-12-5-1-2-6-12)18(25)21-17-20-9-16(27-17)26-11-15(23)24/h3-4,7-9,12H,1-2,5-6,10-11H2,(H,23,24)(H,20,21,25). The first-order valence-corrected chi connectivity index (χ1v) is 10.5. The maximum atomic E-state index is 14.3. The number of hydrogen-bond acceptors (Lipinski definition) is 5. The third-order valence-corrected chi connectivity index (χ3v) is 6.43. The van der Waals surface area contributed by atoms with Crippen LogP contribution in [-0.4, -0.2) is 34.4 Å². The number of aromatic nitrogens is 1. The van der Waals surface area contributed by atoms with Crippen LogP contribution in [0, 0.1) is 11.7 Å². The van der Waals surface area contributed by atoms with Crippen LogP contribution in [0.15, 0.2) is 34.7 Å². The number of nitrogens with one attached hydrogen (secondary N) is 1. The van der Waals surface area contributed by atoms with Crippen molar-refractivity contribution in [2.24, 2.45) is 5.92 Å². The van der Waals surface area contributed by atoms with E-state index in [0.717, 1.165) is 37.4 Å².